The third kappa shape index (κ3) is 4.40. The molecular formula is C15H20ClFN2O2. The summed E-state index contributed by atoms with van der Waals surface area (Å²) >= 11 is 5.68. The van der Waals surface area contributed by atoms with Gasteiger partial charge in [-0.1, -0.05) is 18.5 Å². The van der Waals surface area contributed by atoms with E-state index >= 15 is 0 Å². The van der Waals surface area contributed by atoms with Gasteiger partial charge in [-0.15, -0.1) is 0 Å². The first-order chi connectivity index (χ1) is 9.92. The van der Waals surface area contributed by atoms with Crippen molar-refractivity contribution in [2.24, 2.45) is 5.41 Å². The molecule has 1 aliphatic rings. The van der Waals surface area contributed by atoms with Crippen LogP contribution in [0, 0.1) is 11.2 Å². The highest BCUT2D eigenvalue weighted by Crippen LogP contribution is 2.28. The minimum Gasteiger partial charge on any atom is -0.396 e. The lowest BCUT2D eigenvalue weighted by atomic mass is 9.83. The van der Waals surface area contributed by atoms with Gasteiger partial charge in [0.2, 0.25) is 5.91 Å². The number of aliphatic hydroxyl groups excluding tert-OH is 1. The predicted octanol–water partition coefficient (Wildman–Crippen LogP) is 2.51. The van der Waals surface area contributed by atoms with Crippen LogP contribution in [0.25, 0.3) is 0 Å². The van der Waals surface area contributed by atoms with Gasteiger partial charge in [-0.3, -0.25) is 9.69 Å². The third-order valence-corrected chi connectivity index (χ3v) is 4.10. The van der Waals surface area contributed by atoms with Gasteiger partial charge >= 0.3 is 0 Å². The van der Waals surface area contributed by atoms with Crippen molar-refractivity contribution in [1.82, 2.24) is 4.90 Å². The van der Waals surface area contributed by atoms with E-state index in [4.69, 9.17) is 11.6 Å². The first-order valence-corrected chi connectivity index (χ1v) is 7.38. The Bertz CT molecular complexity index is 526. The molecule has 1 aromatic carbocycles. The van der Waals surface area contributed by atoms with Crippen molar-refractivity contribution in [3.8, 4) is 0 Å². The van der Waals surface area contributed by atoms with Crippen molar-refractivity contribution in [3.05, 3.63) is 29.0 Å². The maximum Gasteiger partial charge on any atom is 0.238 e. The van der Waals surface area contributed by atoms with Crippen LogP contribution in [0.2, 0.25) is 5.02 Å². The second-order valence-corrected chi connectivity index (χ2v) is 6.37. The van der Waals surface area contributed by atoms with E-state index < -0.39 is 5.82 Å². The summed E-state index contributed by atoms with van der Waals surface area (Å²) in [5.41, 5.74) is 0.339. The van der Waals surface area contributed by atoms with Gasteiger partial charge in [-0.05, 0) is 37.6 Å². The van der Waals surface area contributed by atoms with Gasteiger partial charge in [0.05, 0.1) is 11.6 Å². The second kappa shape index (κ2) is 6.73. The average Bonchev–Trinajstić information content (AvgIpc) is 2.43. The second-order valence-electron chi connectivity index (χ2n) is 5.96. The largest absolute Gasteiger partial charge is 0.396 e. The number of hydrogen-bond donors (Lipinski definition) is 2. The molecular weight excluding hydrogens is 295 g/mol. The number of hydrogen-bond acceptors (Lipinski definition) is 3. The SMILES string of the molecule is CC1(CO)CCCN(CC(=O)Nc2ccc(F)c(Cl)c2)C1. The number of aliphatic hydroxyl groups is 1. The Kier molecular flexibility index (Phi) is 5.19. The molecule has 1 fully saturated rings. The van der Waals surface area contributed by atoms with Crippen LogP contribution in [-0.4, -0.2) is 42.2 Å². The number of amides is 1. The molecule has 0 radical (unpaired) electrons. The summed E-state index contributed by atoms with van der Waals surface area (Å²) in [5.74, 6) is -0.677. The van der Waals surface area contributed by atoms with Crippen LogP contribution in [0.4, 0.5) is 10.1 Å². The normalized spacial score (nSPS) is 23.0. The molecule has 1 unspecified atom stereocenters. The number of piperidine rings is 1. The van der Waals surface area contributed by atoms with Crippen LogP contribution in [-0.2, 0) is 4.79 Å². The molecule has 0 aliphatic carbocycles. The first kappa shape index (κ1) is 16.2. The molecule has 1 heterocycles. The molecule has 2 N–H and O–H groups in total. The molecule has 1 aliphatic heterocycles. The van der Waals surface area contributed by atoms with Crippen molar-refractivity contribution >= 4 is 23.2 Å². The Balaban J connectivity index is 1.91. The summed E-state index contributed by atoms with van der Waals surface area (Å²) in [6.07, 6.45) is 1.93. The van der Waals surface area contributed by atoms with Crippen molar-refractivity contribution < 1.29 is 14.3 Å². The van der Waals surface area contributed by atoms with Crippen LogP contribution in [0.1, 0.15) is 19.8 Å². The fourth-order valence-corrected chi connectivity index (χ4v) is 2.85. The quantitative estimate of drug-likeness (QED) is 0.898. The van der Waals surface area contributed by atoms with E-state index in [1.807, 2.05) is 11.8 Å². The number of anilines is 1. The van der Waals surface area contributed by atoms with Crippen molar-refractivity contribution in [1.29, 1.82) is 0 Å². The van der Waals surface area contributed by atoms with E-state index in [2.05, 4.69) is 5.32 Å². The lowest BCUT2D eigenvalue weighted by Gasteiger charge is -2.38. The molecule has 1 amide bonds. The summed E-state index contributed by atoms with van der Waals surface area (Å²) < 4.78 is 13.1. The van der Waals surface area contributed by atoms with Gasteiger partial charge in [0, 0.05) is 24.3 Å². The Hall–Kier alpha value is -1.17. The highest BCUT2D eigenvalue weighted by molar-refractivity contribution is 6.31. The van der Waals surface area contributed by atoms with Gasteiger partial charge in [0.25, 0.3) is 0 Å². The van der Waals surface area contributed by atoms with Gasteiger partial charge in [0.1, 0.15) is 5.82 Å². The number of rotatable bonds is 4. The molecule has 6 heteroatoms. The summed E-state index contributed by atoms with van der Waals surface area (Å²) in [5, 5.41) is 12.1. The Morgan fingerprint density at radius 3 is 3.00 bits per heavy atom. The topological polar surface area (TPSA) is 52.6 Å². The molecule has 21 heavy (non-hydrogen) atoms. The molecule has 0 spiro atoms. The Labute approximate surface area is 128 Å². The Morgan fingerprint density at radius 1 is 1.57 bits per heavy atom. The molecule has 1 saturated heterocycles. The molecule has 0 saturated carbocycles. The van der Waals surface area contributed by atoms with Crippen LogP contribution in [0.15, 0.2) is 18.2 Å². The molecule has 4 nitrogen and oxygen atoms in total. The maximum absolute atomic E-state index is 13.1. The summed E-state index contributed by atoms with van der Waals surface area (Å²) in [6.45, 7) is 3.94. The van der Waals surface area contributed by atoms with E-state index in [9.17, 15) is 14.3 Å². The molecule has 116 valence electrons. The van der Waals surface area contributed by atoms with Gasteiger partial charge < -0.3 is 10.4 Å². The fraction of sp³-hybridized carbons (Fsp3) is 0.533. The maximum atomic E-state index is 13.1. The molecule has 2 rings (SSSR count). The monoisotopic (exact) mass is 314 g/mol. The minimum atomic E-state index is -0.510. The van der Waals surface area contributed by atoms with Crippen molar-refractivity contribution in [2.45, 2.75) is 19.8 Å². The van der Waals surface area contributed by atoms with Crippen molar-refractivity contribution in [3.63, 3.8) is 0 Å². The summed E-state index contributed by atoms with van der Waals surface area (Å²) in [7, 11) is 0. The zero-order valence-corrected chi connectivity index (χ0v) is 12.8. The van der Waals surface area contributed by atoms with Crippen LogP contribution in [0.5, 0.6) is 0 Å². The van der Waals surface area contributed by atoms with Crippen LogP contribution in [0.3, 0.4) is 0 Å². The number of nitrogens with zero attached hydrogens (tertiary/aromatic N) is 1. The van der Waals surface area contributed by atoms with Crippen LogP contribution < -0.4 is 5.32 Å². The zero-order valence-electron chi connectivity index (χ0n) is 12.0. The van der Waals surface area contributed by atoms with E-state index in [0.717, 1.165) is 19.4 Å². The van der Waals surface area contributed by atoms with E-state index in [1.54, 1.807) is 0 Å². The summed E-state index contributed by atoms with van der Waals surface area (Å²) in [4.78, 5) is 14.1. The average molecular weight is 315 g/mol. The number of likely N-dealkylation sites (tertiary alicyclic amines) is 1. The molecule has 0 bridgehead atoms. The zero-order chi connectivity index (χ0) is 15.5. The molecule has 1 aromatic rings. The first-order valence-electron chi connectivity index (χ1n) is 7.00. The van der Waals surface area contributed by atoms with Crippen molar-refractivity contribution in [2.75, 3.05) is 31.6 Å². The smallest absolute Gasteiger partial charge is 0.238 e. The number of halogens is 2. The molecule has 0 aromatic heterocycles. The van der Waals surface area contributed by atoms with E-state index in [-0.39, 0.29) is 29.5 Å². The third-order valence-electron chi connectivity index (χ3n) is 3.81. The summed E-state index contributed by atoms with van der Waals surface area (Å²) in [6, 6.07) is 4.09. The standard InChI is InChI=1S/C15H20ClFN2O2/c1-15(10-20)5-2-6-19(9-15)8-14(21)18-11-3-4-13(17)12(16)7-11/h3-4,7,20H,2,5-6,8-10H2,1H3,(H,18,21). The highest BCUT2D eigenvalue weighted by Gasteiger charge is 2.30. The van der Waals surface area contributed by atoms with Crippen LogP contribution >= 0.6 is 11.6 Å². The number of carbonyl (C=O) groups excluding carboxylic acids is 1. The Morgan fingerprint density at radius 2 is 2.33 bits per heavy atom. The highest BCUT2D eigenvalue weighted by atomic mass is 35.5. The van der Waals surface area contributed by atoms with Gasteiger partial charge in [-0.2, -0.15) is 0 Å². The van der Waals surface area contributed by atoms with E-state index in [0.29, 0.717) is 12.2 Å². The lowest BCUT2D eigenvalue weighted by molar-refractivity contribution is -0.118. The fourth-order valence-electron chi connectivity index (χ4n) is 2.67. The lowest BCUT2D eigenvalue weighted by Crippen LogP contribution is -2.46. The van der Waals surface area contributed by atoms with Gasteiger partial charge in [-0.25, -0.2) is 4.39 Å². The van der Waals surface area contributed by atoms with Gasteiger partial charge in [0.15, 0.2) is 0 Å². The van der Waals surface area contributed by atoms with E-state index in [1.165, 1.54) is 18.2 Å². The number of benzene rings is 1. The predicted molar refractivity (Wildman–Crippen MR) is 80.9 cm³/mol. The number of carbonyl (C=O) groups is 1. The molecule has 1 atom stereocenters. The minimum absolute atomic E-state index is 0.0152. The number of nitrogens with one attached hydrogen (secondary N) is 1.